The molecule has 0 radical (unpaired) electrons. The summed E-state index contributed by atoms with van der Waals surface area (Å²) in [5.74, 6) is -0.129. The summed E-state index contributed by atoms with van der Waals surface area (Å²) in [5, 5.41) is 0. The van der Waals surface area contributed by atoms with E-state index >= 15 is 0 Å². The third kappa shape index (κ3) is 5.09. The Morgan fingerprint density at radius 2 is 1.62 bits per heavy atom. The highest BCUT2D eigenvalue weighted by molar-refractivity contribution is 6.08. The van der Waals surface area contributed by atoms with Gasteiger partial charge in [0.25, 0.3) is 0 Å². The minimum atomic E-state index is -0.548. The third-order valence-corrected chi connectivity index (χ3v) is 9.41. The fourth-order valence-corrected chi connectivity index (χ4v) is 7.19. The Balaban J connectivity index is 1.35. The maximum Gasteiger partial charge on any atom is 0.315 e. The topological polar surface area (TPSA) is 90.2 Å². The number of amides is 4. The molecule has 3 aliphatic rings. The molecule has 2 aromatic rings. The molecule has 0 aliphatic carbocycles. The monoisotopic (exact) mass is 545 g/mol. The van der Waals surface area contributed by atoms with Crippen LogP contribution in [-0.4, -0.2) is 84.4 Å². The van der Waals surface area contributed by atoms with Crippen LogP contribution < -0.4 is 10.6 Å². The van der Waals surface area contributed by atoms with E-state index in [0.29, 0.717) is 26.1 Å². The van der Waals surface area contributed by atoms with Crippen LogP contribution in [0.25, 0.3) is 0 Å². The lowest BCUT2D eigenvalue weighted by Crippen LogP contribution is -2.56. The highest BCUT2D eigenvalue weighted by atomic mass is 16.2. The summed E-state index contributed by atoms with van der Waals surface area (Å²) in [6, 6.07) is 17.7. The van der Waals surface area contributed by atoms with Gasteiger partial charge >= 0.3 is 6.03 Å². The van der Waals surface area contributed by atoms with Gasteiger partial charge in [-0.3, -0.25) is 9.59 Å². The maximum atomic E-state index is 14.3. The summed E-state index contributed by atoms with van der Waals surface area (Å²) in [4.78, 5) is 48.1. The Morgan fingerprint density at radius 1 is 0.975 bits per heavy atom. The van der Waals surface area contributed by atoms with E-state index in [9.17, 15) is 14.4 Å². The van der Waals surface area contributed by atoms with Crippen LogP contribution in [-0.2, 0) is 21.4 Å². The first-order chi connectivity index (χ1) is 19.1. The van der Waals surface area contributed by atoms with Gasteiger partial charge in [-0.2, -0.15) is 0 Å². The molecule has 2 saturated heterocycles. The summed E-state index contributed by atoms with van der Waals surface area (Å²) in [5.41, 5.74) is 8.54. The van der Waals surface area contributed by atoms with Crippen LogP contribution in [0.1, 0.15) is 50.7 Å². The first-order valence-electron chi connectivity index (χ1n) is 14.6. The van der Waals surface area contributed by atoms with Gasteiger partial charge < -0.3 is 25.3 Å². The number of carbonyl (C=O) groups is 3. The van der Waals surface area contributed by atoms with Crippen molar-refractivity contribution in [1.82, 2.24) is 14.7 Å². The lowest BCUT2D eigenvalue weighted by atomic mass is 9.86. The summed E-state index contributed by atoms with van der Waals surface area (Å²) < 4.78 is 0. The molecule has 2 fully saturated rings. The second-order valence-electron chi connectivity index (χ2n) is 12.3. The average Bonchev–Trinajstić information content (AvgIpc) is 3.47. The SMILES string of the molecule is CN(C)C1CCN(C(N)=O)C1[C@H](CCc1ccccc1)C(=O)N1CCC(N2C(=O)C(C)(C)c3ccccc32)CC1. The predicted octanol–water partition coefficient (Wildman–Crippen LogP) is 3.63. The van der Waals surface area contributed by atoms with Gasteiger partial charge in [-0.15, -0.1) is 0 Å². The number of likely N-dealkylation sites (tertiary alicyclic amines) is 2. The average molecular weight is 546 g/mol. The molecule has 5 rings (SSSR count). The van der Waals surface area contributed by atoms with E-state index in [-0.39, 0.29) is 35.9 Å². The van der Waals surface area contributed by atoms with Crippen molar-refractivity contribution < 1.29 is 14.4 Å². The quantitative estimate of drug-likeness (QED) is 0.575. The number of carbonyl (C=O) groups excluding carboxylic acids is 3. The predicted molar refractivity (Wildman–Crippen MR) is 157 cm³/mol. The van der Waals surface area contributed by atoms with Crippen molar-refractivity contribution in [3.63, 3.8) is 0 Å². The van der Waals surface area contributed by atoms with Crippen molar-refractivity contribution in [3.8, 4) is 0 Å². The lowest BCUT2D eigenvalue weighted by Gasteiger charge is -2.41. The van der Waals surface area contributed by atoms with Gasteiger partial charge in [-0.25, -0.2) is 4.79 Å². The molecular formula is C32H43N5O3. The number of hydrogen-bond acceptors (Lipinski definition) is 4. The minimum Gasteiger partial charge on any atom is -0.351 e. The Labute approximate surface area is 238 Å². The molecule has 0 saturated carbocycles. The van der Waals surface area contributed by atoms with Crippen LogP contribution in [0.5, 0.6) is 0 Å². The van der Waals surface area contributed by atoms with Crippen molar-refractivity contribution in [2.75, 3.05) is 38.6 Å². The molecule has 3 atom stereocenters. The van der Waals surface area contributed by atoms with E-state index in [2.05, 4.69) is 23.1 Å². The molecule has 0 spiro atoms. The fourth-order valence-electron chi connectivity index (χ4n) is 7.19. The highest BCUT2D eigenvalue weighted by Crippen LogP contribution is 2.44. The van der Waals surface area contributed by atoms with Gasteiger partial charge in [0.15, 0.2) is 0 Å². The van der Waals surface area contributed by atoms with E-state index in [0.717, 1.165) is 36.9 Å². The fraction of sp³-hybridized carbons (Fsp3) is 0.531. The number of nitrogens with two attached hydrogens (primary N) is 1. The van der Waals surface area contributed by atoms with Crippen LogP contribution in [0.4, 0.5) is 10.5 Å². The number of piperidine rings is 1. The molecule has 2 aromatic carbocycles. The van der Waals surface area contributed by atoms with Crippen LogP contribution >= 0.6 is 0 Å². The van der Waals surface area contributed by atoms with E-state index in [1.807, 2.05) is 74.1 Å². The molecule has 3 heterocycles. The zero-order chi connectivity index (χ0) is 28.6. The van der Waals surface area contributed by atoms with E-state index in [1.165, 1.54) is 5.56 Å². The normalized spacial score (nSPS) is 23.5. The van der Waals surface area contributed by atoms with Crippen molar-refractivity contribution >= 4 is 23.5 Å². The first-order valence-corrected chi connectivity index (χ1v) is 14.6. The molecule has 4 amide bonds. The number of urea groups is 1. The number of para-hydroxylation sites is 1. The molecule has 8 nitrogen and oxygen atoms in total. The van der Waals surface area contributed by atoms with Gasteiger partial charge in [-0.05, 0) is 77.2 Å². The smallest absolute Gasteiger partial charge is 0.315 e. The standard InChI is InChI=1S/C32H43N5O3/c1-32(2)25-12-8-9-13-26(25)37(30(32)39)23-16-19-35(20-17-23)29(38)24(15-14-22-10-6-5-7-11-22)28-27(34(3)4)18-21-36(28)31(33)40/h5-13,23-24,27-28H,14-21H2,1-4H3,(H2,33,40)/t24-,27?,28?/m0/s1. The first kappa shape index (κ1) is 28.1. The van der Waals surface area contributed by atoms with Gasteiger partial charge in [0.05, 0.1) is 17.4 Å². The maximum absolute atomic E-state index is 14.3. The number of likely N-dealkylation sites (N-methyl/N-ethyl adjacent to an activating group) is 1. The number of nitrogens with zero attached hydrogens (tertiary/aromatic N) is 4. The van der Waals surface area contributed by atoms with Crippen molar-refractivity contribution in [3.05, 3.63) is 65.7 Å². The molecule has 8 heteroatoms. The van der Waals surface area contributed by atoms with Crippen LogP contribution in [0, 0.1) is 5.92 Å². The van der Waals surface area contributed by atoms with E-state index in [4.69, 9.17) is 5.73 Å². The second-order valence-corrected chi connectivity index (χ2v) is 12.3. The number of hydrogen-bond donors (Lipinski definition) is 1. The zero-order valence-corrected chi connectivity index (χ0v) is 24.3. The molecular weight excluding hydrogens is 502 g/mol. The summed E-state index contributed by atoms with van der Waals surface area (Å²) in [6.45, 7) is 5.74. The zero-order valence-electron chi connectivity index (χ0n) is 24.3. The number of benzene rings is 2. The van der Waals surface area contributed by atoms with Crippen molar-refractivity contribution in [1.29, 1.82) is 0 Å². The second kappa shape index (κ2) is 11.2. The van der Waals surface area contributed by atoms with Crippen molar-refractivity contribution in [2.24, 2.45) is 11.7 Å². The Kier molecular flexibility index (Phi) is 7.91. The molecule has 0 bridgehead atoms. The Bertz CT molecular complexity index is 1240. The number of primary amides is 1. The molecule has 40 heavy (non-hydrogen) atoms. The molecule has 2 unspecified atom stereocenters. The number of aryl methyl sites for hydroxylation is 1. The third-order valence-electron chi connectivity index (χ3n) is 9.41. The Hall–Kier alpha value is -3.39. The summed E-state index contributed by atoms with van der Waals surface area (Å²) in [7, 11) is 4.03. The number of rotatable bonds is 7. The molecule has 0 aromatic heterocycles. The molecule has 2 N–H and O–H groups in total. The van der Waals surface area contributed by atoms with Crippen LogP contribution in [0.15, 0.2) is 54.6 Å². The number of fused-ring (bicyclic) bond motifs is 1. The van der Waals surface area contributed by atoms with Crippen molar-refractivity contribution in [2.45, 2.75) is 69.5 Å². The summed E-state index contributed by atoms with van der Waals surface area (Å²) in [6.07, 6.45) is 3.66. The lowest BCUT2D eigenvalue weighted by molar-refractivity contribution is -0.139. The largest absolute Gasteiger partial charge is 0.351 e. The highest BCUT2D eigenvalue weighted by Gasteiger charge is 2.49. The van der Waals surface area contributed by atoms with Gasteiger partial charge in [-0.1, -0.05) is 48.5 Å². The van der Waals surface area contributed by atoms with Gasteiger partial charge in [0.1, 0.15) is 0 Å². The number of anilines is 1. The van der Waals surface area contributed by atoms with Gasteiger partial charge in [0.2, 0.25) is 11.8 Å². The van der Waals surface area contributed by atoms with Crippen LogP contribution in [0.2, 0.25) is 0 Å². The minimum absolute atomic E-state index is 0.0605. The van der Waals surface area contributed by atoms with Crippen LogP contribution in [0.3, 0.4) is 0 Å². The Morgan fingerprint density at radius 3 is 2.27 bits per heavy atom. The van der Waals surface area contributed by atoms with Gasteiger partial charge in [0, 0.05) is 37.4 Å². The molecule has 214 valence electrons. The van der Waals surface area contributed by atoms with E-state index < -0.39 is 11.4 Å². The van der Waals surface area contributed by atoms with E-state index in [1.54, 1.807) is 4.90 Å². The molecule has 3 aliphatic heterocycles. The summed E-state index contributed by atoms with van der Waals surface area (Å²) >= 11 is 0.